The molecule has 1 N–H and O–H groups in total. The molecule has 1 aliphatic rings. The molecular weight excluding hydrogens is 360 g/mol. The van der Waals surface area contributed by atoms with E-state index in [9.17, 15) is 18.4 Å². The van der Waals surface area contributed by atoms with Gasteiger partial charge in [0, 0.05) is 32.2 Å². The van der Waals surface area contributed by atoms with Gasteiger partial charge in [0.1, 0.15) is 5.75 Å². The summed E-state index contributed by atoms with van der Waals surface area (Å²) in [6, 6.07) is 6.21. The zero-order chi connectivity index (χ0) is 19.8. The third-order valence-corrected chi connectivity index (χ3v) is 4.43. The highest BCUT2D eigenvalue weighted by Gasteiger charge is 2.25. The molecule has 1 fully saturated rings. The lowest BCUT2D eigenvalue weighted by atomic mass is 10.2. The topological polar surface area (TPSA) is 71.1 Å². The lowest BCUT2D eigenvalue weighted by Crippen LogP contribution is -2.53. The van der Waals surface area contributed by atoms with Gasteiger partial charge < -0.3 is 14.8 Å². The van der Waals surface area contributed by atoms with Crippen LogP contribution in [0, 0.1) is 0 Å². The molecular formula is C18H25F2N3O4. The molecule has 1 aromatic carbocycles. The van der Waals surface area contributed by atoms with E-state index in [1.165, 1.54) is 19.2 Å². The lowest BCUT2D eigenvalue weighted by molar-refractivity contribution is -0.141. The van der Waals surface area contributed by atoms with Crippen LogP contribution in [-0.2, 0) is 14.3 Å². The smallest absolute Gasteiger partial charge is 0.387 e. The number of anilines is 1. The van der Waals surface area contributed by atoms with Gasteiger partial charge in [-0.1, -0.05) is 12.1 Å². The Hall–Kier alpha value is -2.26. The van der Waals surface area contributed by atoms with Crippen LogP contribution in [0.5, 0.6) is 5.75 Å². The second-order valence-electron chi connectivity index (χ2n) is 6.37. The van der Waals surface area contributed by atoms with E-state index < -0.39 is 6.61 Å². The molecule has 0 bridgehead atoms. The Morgan fingerprint density at radius 2 is 2.04 bits per heavy atom. The Kier molecular flexibility index (Phi) is 7.93. The van der Waals surface area contributed by atoms with Gasteiger partial charge in [-0.05, 0) is 19.1 Å². The molecule has 1 saturated heterocycles. The maximum atomic E-state index is 12.5. The van der Waals surface area contributed by atoms with E-state index in [1.54, 1.807) is 12.1 Å². The van der Waals surface area contributed by atoms with E-state index in [0.29, 0.717) is 19.5 Å². The number of nitrogens with one attached hydrogen (secondary N) is 1. The number of hydrogen-bond acceptors (Lipinski definition) is 6. The van der Waals surface area contributed by atoms with Gasteiger partial charge in [0.25, 0.3) is 0 Å². The maximum Gasteiger partial charge on any atom is 0.387 e. The lowest BCUT2D eigenvalue weighted by Gasteiger charge is -2.39. The zero-order valence-corrected chi connectivity index (χ0v) is 15.5. The van der Waals surface area contributed by atoms with Gasteiger partial charge in [0.05, 0.1) is 25.8 Å². The minimum atomic E-state index is -2.96. The minimum Gasteiger partial charge on any atom is -0.469 e. The predicted molar refractivity (Wildman–Crippen MR) is 95.8 cm³/mol. The van der Waals surface area contributed by atoms with Crippen molar-refractivity contribution in [1.29, 1.82) is 0 Å². The number of esters is 1. The number of carbonyl (C=O) groups excluding carboxylic acids is 2. The van der Waals surface area contributed by atoms with Crippen LogP contribution < -0.4 is 10.1 Å². The van der Waals surface area contributed by atoms with E-state index in [1.807, 2.05) is 11.8 Å². The summed E-state index contributed by atoms with van der Waals surface area (Å²) in [5.74, 6) is -0.606. The fourth-order valence-electron chi connectivity index (χ4n) is 3.00. The largest absolute Gasteiger partial charge is 0.469 e. The van der Waals surface area contributed by atoms with Gasteiger partial charge in [-0.15, -0.1) is 0 Å². The normalized spacial score (nSPS) is 18.3. The van der Waals surface area contributed by atoms with Crippen LogP contribution in [0.25, 0.3) is 0 Å². The van der Waals surface area contributed by atoms with E-state index in [-0.39, 0.29) is 35.9 Å². The van der Waals surface area contributed by atoms with Gasteiger partial charge in [0.15, 0.2) is 0 Å². The fourth-order valence-corrected chi connectivity index (χ4v) is 3.00. The zero-order valence-electron chi connectivity index (χ0n) is 15.5. The predicted octanol–water partition coefficient (Wildman–Crippen LogP) is 1.80. The summed E-state index contributed by atoms with van der Waals surface area (Å²) in [5.41, 5.74) is 0.215. The highest BCUT2D eigenvalue weighted by molar-refractivity contribution is 5.93. The van der Waals surface area contributed by atoms with Gasteiger partial charge in [-0.25, -0.2) is 0 Å². The third kappa shape index (κ3) is 6.76. The number of nitrogens with zero attached hydrogens (tertiary/aromatic N) is 2. The third-order valence-electron chi connectivity index (χ3n) is 4.43. The number of rotatable bonds is 8. The van der Waals surface area contributed by atoms with Crippen molar-refractivity contribution in [3.05, 3.63) is 24.3 Å². The summed E-state index contributed by atoms with van der Waals surface area (Å²) >= 11 is 0. The summed E-state index contributed by atoms with van der Waals surface area (Å²) in [7, 11) is 1.37. The molecule has 1 amide bonds. The van der Waals surface area contributed by atoms with Crippen LogP contribution >= 0.6 is 0 Å². The molecule has 0 spiro atoms. The van der Waals surface area contributed by atoms with Crippen molar-refractivity contribution >= 4 is 17.6 Å². The summed E-state index contributed by atoms with van der Waals surface area (Å²) in [4.78, 5) is 27.7. The number of para-hydroxylation sites is 2. The summed E-state index contributed by atoms with van der Waals surface area (Å²) < 4.78 is 34.0. The number of alkyl halides is 2. The Balaban J connectivity index is 1.84. The van der Waals surface area contributed by atoms with Crippen molar-refractivity contribution in [2.24, 2.45) is 0 Å². The molecule has 0 aliphatic carbocycles. The number of piperazine rings is 1. The number of benzene rings is 1. The molecule has 150 valence electrons. The Morgan fingerprint density at radius 1 is 1.30 bits per heavy atom. The van der Waals surface area contributed by atoms with Crippen LogP contribution in [0.4, 0.5) is 14.5 Å². The highest BCUT2D eigenvalue weighted by atomic mass is 19.3. The maximum absolute atomic E-state index is 12.5. The van der Waals surface area contributed by atoms with Crippen molar-refractivity contribution in [2.45, 2.75) is 26.0 Å². The van der Waals surface area contributed by atoms with E-state index in [0.717, 1.165) is 13.1 Å². The first-order valence-corrected chi connectivity index (χ1v) is 8.76. The number of ether oxygens (including phenoxy) is 2. The average Bonchev–Trinajstić information content (AvgIpc) is 2.63. The van der Waals surface area contributed by atoms with Crippen molar-refractivity contribution in [2.75, 3.05) is 45.2 Å². The number of halogens is 2. The first-order valence-electron chi connectivity index (χ1n) is 8.76. The number of amides is 1. The quantitative estimate of drug-likeness (QED) is 0.688. The van der Waals surface area contributed by atoms with Crippen LogP contribution in [0.15, 0.2) is 24.3 Å². The Labute approximate surface area is 157 Å². The van der Waals surface area contributed by atoms with E-state index >= 15 is 0 Å². The standard InChI is InChI=1S/C18H25F2N3O4/c1-13-11-22(8-7-17(25)26-2)9-10-23(13)12-16(24)21-14-5-3-4-6-15(14)27-18(19)20/h3-6,13,18H,7-12H2,1-2H3,(H,21,24). The molecule has 9 heteroatoms. The average molecular weight is 385 g/mol. The first kappa shape index (κ1) is 21.0. The van der Waals surface area contributed by atoms with Gasteiger partial charge in [-0.2, -0.15) is 8.78 Å². The molecule has 0 aromatic heterocycles. The SMILES string of the molecule is COC(=O)CCN1CCN(CC(=O)Nc2ccccc2OC(F)F)C(C)C1. The molecule has 0 radical (unpaired) electrons. The molecule has 7 nitrogen and oxygen atoms in total. The molecule has 1 aliphatic heterocycles. The van der Waals surface area contributed by atoms with Gasteiger partial charge in [0.2, 0.25) is 5.91 Å². The molecule has 1 heterocycles. The summed E-state index contributed by atoms with van der Waals surface area (Å²) in [6.45, 7) is 1.96. The van der Waals surface area contributed by atoms with Crippen LogP contribution in [0.1, 0.15) is 13.3 Å². The van der Waals surface area contributed by atoms with Crippen molar-refractivity contribution in [1.82, 2.24) is 9.80 Å². The monoisotopic (exact) mass is 385 g/mol. The van der Waals surface area contributed by atoms with Gasteiger partial charge in [-0.3, -0.25) is 19.4 Å². The van der Waals surface area contributed by atoms with Crippen molar-refractivity contribution in [3.8, 4) is 5.75 Å². The molecule has 27 heavy (non-hydrogen) atoms. The van der Waals surface area contributed by atoms with Gasteiger partial charge >= 0.3 is 12.6 Å². The van der Waals surface area contributed by atoms with Crippen molar-refractivity contribution in [3.63, 3.8) is 0 Å². The van der Waals surface area contributed by atoms with Crippen LogP contribution in [0.2, 0.25) is 0 Å². The Bertz CT molecular complexity index is 645. The van der Waals surface area contributed by atoms with Crippen molar-refractivity contribution < 1.29 is 27.8 Å². The van der Waals surface area contributed by atoms with Crippen LogP contribution in [0.3, 0.4) is 0 Å². The Morgan fingerprint density at radius 3 is 2.70 bits per heavy atom. The molecule has 1 atom stereocenters. The summed E-state index contributed by atoms with van der Waals surface area (Å²) in [6.07, 6.45) is 0.338. The fraction of sp³-hybridized carbons (Fsp3) is 0.556. The summed E-state index contributed by atoms with van der Waals surface area (Å²) in [5, 5.41) is 2.63. The molecule has 2 rings (SSSR count). The number of carbonyl (C=O) groups is 2. The number of methoxy groups -OCH3 is 1. The van der Waals surface area contributed by atoms with Crippen LogP contribution in [-0.4, -0.2) is 74.2 Å². The minimum absolute atomic E-state index is 0.0680. The second kappa shape index (κ2) is 10.2. The second-order valence-corrected chi connectivity index (χ2v) is 6.37. The first-order chi connectivity index (χ1) is 12.9. The molecule has 0 saturated carbocycles. The van der Waals surface area contributed by atoms with E-state index in [2.05, 4.69) is 19.7 Å². The highest BCUT2D eigenvalue weighted by Crippen LogP contribution is 2.25. The number of hydrogen-bond donors (Lipinski definition) is 1. The molecule has 1 aromatic rings. The molecule has 1 unspecified atom stereocenters. The van der Waals surface area contributed by atoms with E-state index in [4.69, 9.17) is 0 Å².